The highest BCUT2D eigenvalue weighted by Gasteiger charge is 2.32. The Balaban J connectivity index is 1.71. The lowest BCUT2D eigenvalue weighted by molar-refractivity contribution is -0.0513. The fraction of sp³-hybridized carbons (Fsp3) is 0.273. The van der Waals surface area contributed by atoms with Crippen LogP contribution in [0.15, 0.2) is 42.7 Å². The Labute approximate surface area is 169 Å². The number of aromatic nitrogens is 2. The summed E-state index contributed by atoms with van der Waals surface area (Å²) in [7, 11) is 3.26. The maximum Gasteiger partial charge on any atom is 0.164 e. The van der Waals surface area contributed by atoms with Gasteiger partial charge in [-0.1, -0.05) is 12.0 Å². The van der Waals surface area contributed by atoms with Gasteiger partial charge in [-0.2, -0.15) is 0 Å². The van der Waals surface area contributed by atoms with Gasteiger partial charge in [-0.25, -0.2) is 9.97 Å². The van der Waals surface area contributed by atoms with Crippen LogP contribution in [-0.2, 0) is 9.47 Å². The van der Waals surface area contributed by atoms with Gasteiger partial charge in [0.1, 0.15) is 12.1 Å². The Morgan fingerprint density at radius 3 is 2.45 bits per heavy atom. The third-order valence-electron chi connectivity index (χ3n) is 4.63. The fourth-order valence-corrected chi connectivity index (χ4v) is 3.26. The van der Waals surface area contributed by atoms with E-state index < -0.39 is 0 Å². The molecule has 1 aromatic heterocycles. The monoisotopic (exact) mass is 391 g/mol. The van der Waals surface area contributed by atoms with E-state index in [2.05, 4.69) is 21.2 Å². The molecule has 0 unspecified atom stereocenters. The van der Waals surface area contributed by atoms with Crippen LogP contribution in [0.25, 0.3) is 10.9 Å². The number of nitrogens with zero attached hydrogens (tertiary/aromatic N) is 2. The standard InChI is InChI=1S/C22H21N3O4/c1-4-14-6-5-7-15(8-14)25-22-16-9-18-19(10-17(16)23-13-24-22)29-21(12-27-3)20(28-18)11-26-2/h1,5-10,13,20-21H,11-12H2,2-3H3,(H,23,24,25)/t20-,21-/m1/s1. The zero-order valence-corrected chi connectivity index (χ0v) is 16.2. The highest BCUT2D eigenvalue weighted by molar-refractivity contribution is 5.93. The van der Waals surface area contributed by atoms with Crippen LogP contribution in [0, 0.1) is 12.3 Å². The zero-order valence-electron chi connectivity index (χ0n) is 16.2. The number of nitrogens with one attached hydrogen (secondary N) is 1. The van der Waals surface area contributed by atoms with E-state index in [1.807, 2.05) is 36.4 Å². The van der Waals surface area contributed by atoms with Crippen molar-refractivity contribution >= 4 is 22.4 Å². The van der Waals surface area contributed by atoms with Crippen LogP contribution >= 0.6 is 0 Å². The lowest BCUT2D eigenvalue weighted by Gasteiger charge is -2.33. The van der Waals surface area contributed by atoms with Crippen LogP contribution in [0.5, 0.6) is 11.5 Å². The highest BCUT2D eigenvalue weighted by Crippen LogP contribution is 2.39. The molecule has 0 spiro atoms. The number of benzene rings is 2. The Kier molecular flexibility index (Phi) is 5.47. The predicted octanol–water partition coefficient (Wildman–Crippen LogP) is 3.16. The van der Waals surface area contributed by atoms with Crippen molar-refractivity contribution in [1.29, 1.82) is 0 Å². The van der Waals surface area contributed by atoms with Crippen LogP contribution in [0.4, 0.5) is 11.5 Å². The highest BCUT2D eigenvalue weighted by atomic mass is 16.6. The van der Waals surface area contributed by atoms with Crippen molar-refractivity contribution < 1.29 is 18.9 Å². The Morgan fingerprint density at radius 1 is 1.03 bits per heavy atom. The molecule has 1 N–H and O–H groups in total. The summed E-state index contributed by atoms with van der Waals surface area (Å²) in [6.45, 7) is 0.786. The van der Waals surface area contributed by atoms with E-state index in [0.717, 1.165) is 22.2 Å². The number of hydrogen-bond donors (Lipinski definition) is 1. The lowest BCUT2D eigenvalue weighted by Crippen LogP contribution is -2.45. The van der Waals surface area contributed by atoms with E-state index in [4.69, 9.17) is 25.4 Å². The molecule has 0 saturated heterocycles. The number of rotatable bonds is 6. The lowest BCUT2D eigenvalue weighted by atomic mass is 10.1. The van der Waals surface area contributed by atoms with Crippen LogP contribution in [-0.4, -0.2) is 49.6 Å². The first-order valence-electron chi connectivity index (χ1n) is 9.15. The van der Waals surface area contributed by atoms with Crippen molar-refractivity contribution in [2.75, 3.05) is 32.8 Å². The molecule has 1 aliphatic heterocycles. The van der Waals surface area contributed by atoms with E-state index in [1.165, 1.54) is 6.33 Å². The van der Waals surface area contributed by atoms with Crippen LogP contribution in [0.3, 0.4) is 0 Å². The summed E-state index contributed by atoms with van der Waals surface area (Å²) in [6, 6.07) is 11.3. The number of terminal acetylenes is 1. The molecule has 2 heterocycles. The van der Waals surface area contributed by atoms with Gasteiger partial charge < -0.3 is 24.3 Å². The Morgan fingerprint density at radius 2 is 1.76 bits per heavy atom. The fourth-order valence-electron chi connectivity index (χ4n) is 3.26. The average molecular weight is 391 g/mol. The van der Waals surface area contributed by atoms with Gasteiger partial charge in [0.25, 0.3) is 0 Å². The molecule has 0 radical (unpaired) electrons. The summed E-state index contributed by atoms with van der Waals surface area (Å²) in [4.78, 5) is 8.77. The van der Waals surface area contributed by atoms with Gasteiger partial charge in [-0.05, 0) is 24.3 Å². The number of ether oxygens (including phenoxy) is 4. The summed E-state index contributed by atoms with van der Waals surface area (Å²) in [5, 5.41) is 4.11. The number of methoxy groups -OCH3 is 2. The maximum atomic E-state index is 6.15. The first-order chi connectivity index (χ1) is 14.2. The van der Waals surface area contributed by atoms with Gasteiger partial charge in [0, 0.05) is 36.9 Å². The molecule has 29 heavy (non-hydrogen) atoms. The Hall–Kier alpha value is -3.34. The molecule has 0 amide bonds. The Bertz CT molecular complexity index is 1060. The third kappa shape index (κ3) is 3.94. The maximum absolute atomic E-state index is 6.15. The summed E-state index contributed by atoms with van der Waals surface area (Å²) >= 11 is 0. The molecular formula is C22H21N3O4. The molecule has 2 aromatic carbocycles. The topological polar surface area (TPSA) is 74.7 Å². The molecule has 7 heteroatoms. The van der Waals surface area contributed by atoms with Gasteiger partial charge in [0.2, 0.25) is 0 Å². The minimum Gasteiger partial charge on any atom is -0.480 e. The van der Waals surface area contributed by atoms with Crippen LogP contribution < -0.4 is 14.8 Å². The molecule has 4 rings (SSSR count). The number of hydrogen-bond acceptors (Lipinski definition) is 7. The van der Waals surface area contributed by atoms with E-state index in [9.17, 15) is 0 Å². The number of anilines is 2. The zero-order chi connectivity index (χ0) is 20.2. The van der Waals surface area contributed by atoms with Gasteiger partial charge in [0.15, 0.2) is 23.7 Å². The van der Waals surface area contributed by atoms with Crippen molar-refractivity contribution in [2.24, 2.45) is 0 Å². The van der Waals surface area contributed by atoms with Crippen molar-refractivity contribution in [3.05, 3.63) is 48.3 Å². The van der Waals surface area contributed by atoms with Gasteiger partial charge >= 0.3 is 0 Å². The van der Waals surface area contributed by atoms with Gasteiger partial charge in [-0.15, -0.1) is 6.42 Å². The van der Waals surface area contributed by atoms with E-state index in [0.29, 0.717) is 30.5 Å². The minimum atomic E-state index is -0.279. The molecular weight excluding hydrogens is 370 g/mol. The third-order valence-corrected chi connectivity index (χ3v) is 4.63. The van der Waals surface area contributed by atoms with Crippen LogP contribution in [0.2, 0.25) is 0 Å². The van der Waals surface area contributed by atoms with Gasteiger partial charge in [-0.3, -0.25) is 0 Å². The van der Waals surface area contributed by atoms with Crippen LogP contribution in [0.1, 0.15) is 5.56 Å². The predicted molar refractivity (Wildman–Crippen MR) is 110 cm³/mol. The smallest absolute Gasteiger partial charge is 0.164 e. The van der Waals surface area contributed by atoms with Crippen molar-refractivity contribution in [1.82, 2.24) is 9.97 Å². The molecule has 2 atom stereocenters. The second kappa shape index (κ2) is 8.35. The molecule has 0 saturated carbocycles. The van der Waals surface area contributed by atoms with Crippen molar-refractivity contribution in [3.63, 3.8) is 0 Å². The summed E-state index contributed by atoms with van der Waals surface area (Å²) in [6.07, 6.45) is 6.46. The van der Waals surface area contributed by atoms with Gasteiger partial charge in [0.05, 0.1) is 18.7 Å². The average Bonchev–Trinajstić information content (AvgIpc) is 2.74. The van der Waals surface area contributed by atoms with Crippen molar-refractivity contribution in [2.45, 2.75) is 12.2 Å². The molecule has 1 aliphatic rings. The van der Waals surface area contributed by atoms with E-state index >= 15 is 0 Å². The molecule has 0 aliphatic carbocycles. The van der Waals surface area contributed by atoms with Crippen molar-refractivity contribution in [3.8, 4) is 23.8 Å². The molecule has 0 bridgehead atoms. The largest absolute Gasteiger partial charge is 0.480 e. The second-order valence-corrected chi connectivity index (χ2v) is 6.61. The molecule has 0 fully saturated rings. The second-order valence-electron chi connectivity index (χ2n) is 6.61. The SMILES string of the molecule is C#Cc1cccc(Nc2ncnc3cc4c(cc23)O[C@H](COC)[C@@H](COC)O4)c1. The first-order valence-corrected chi connectivity index (χ1v) is 9.15. The normalized spacial score (nSPS) is 17.7. The first kappa shape index (κ1) is 19.0. The van der Waals surface area contributed by atoms with E-state index in [-0.39, 0.29) is 12.2 Å². The minimum absolute atomic E-state index is 0.268. The molecule has 3 aromatic rings. The quantitative estimate of drug-likeness (QED) is 0.647. The summed E-state index contributed by atoms with van der Waals surface area (Å²) in [5.74, 6) is 4.51. The summed E-state index contributed by atoms with van der Waals surface area (Å²) in [5.41, 5.74) is 2.36. The van der Waals surface area contributed by atoms with E-state index in [1.54, 1.807) is 14.2 Å². The molecule has 148 valence electrons. The molecule has 7 nitrogen and oxygen atoms in total. The number of fused-ring (bicyclic) bond motifs is 2. The summed E-state index contributed by atoms with van der Waals surface area (Å²) < 4.78 is 22.8.